The van der Waals surface area contributed by atoms with Gasteiger partial charge < -0.3 is 15.0 Å². The predicted molar refractivity (Wildman–Crippen MR) is 98.9 cm³/mol. The second-order valence-electron chi connectivity index (χ2n) is 5.96. The van der Waals surface area contributed by atoms with Gasteiger partial charge in [0.2, 0.25) is 0 Å². The van der Waals surface area contributed by atoms with Crippen molar-refractivity contribution in [2.24, 2.45) is 0 Å². The first-order valence-electron chi connectivity index (χ1n) is 8.17. The average molecular weight is 349 g/mol. The van der Waals surface area contributed by atoms with E-state index < -0.39 is 5.97 Å². The fourth-order valence-electron chi connectivity index (χ4n) is 2.46. The topological polar surface area (TPSA) is 84.1 Å². The molecule has 0 aliphatic carbocycles. The van der Waals surface area contributed by atoms with Crippen LogP contribution in [0.1, 0.15) is 21.5 Å². The van der Waals surface area contributed by atoms with Crippen LogP contribution >= 0.6 is 0 Å². The highest BCUT2D eigenvalue weighted by Crippen LogP contribution is 2.17. The highest BCUT2D eigenvalue weighted by molar-refractivity contribution is 5.96. The van der Waals surface area contributed by atoms with Gasteiger partial charge in [-0.15, -0.1) is 0 Å². The number of anilines is 1. The molecule has 0 atom stereocenters. The summed E-state index contributed by atoms with van der Waals surface area (Å²) in [6.07, 6.45) is 3.39. The molecule has 0 fully saturated rings. The van der Waals surface area contributed by atoms with E-state index in [0.717, 1.165) is 22.5 Å². The van der Waals surface area contributed by atoms with Crippen molar-refractivity contribution in [1.29, 1.82) is 0 Å². The number of carbonyl (C=O) groups excluding carboxylic acids is 2. The quantitative estimate of drug-likeness (QED) is 0.691. The van der Waals surface area contributed by atoms with Crippen molar-refractivity contribution in [1.82, 2.24) is 9.97 Å². The van der Waals surface area contributed by atoms with Gasteiger partial charge in [0.05, 0.1) is 5.56 Å². The second-order valence-corrected chi connectivity index (χ2v) is 5.96. The third-order valence-corrected chi connectivity index (χ3v) is 3.89. The molecule has 0 radical (unpaired) electrons. The molecule has 1 aromatic heterocycles. The Morgan fingerprint density at radius 1 is 1.12 bits per heavy atom. The molecule has 0 unspecified atom stereocenters. The van der Waals surface area contributed by atoms with Gasteiger partial charge in [0.1, 0.15) is 5.82 Å². The maximum Gasteiger partial charge on any atom is 0.338 e. The van der Waals surface area contributed by atoms with Crippen molar-refractivity contribution in [3.05, 3.63) is 71.5 Å². The Morgan fingerprint density at radius 2 is 1.88 bits per heavy atom. The van der Waals surface area contributed by atoms with Crippen LogP contribution in [0.5, 0.6) is 0 Å². The molecule has 0 saturated carbocycles. The van der Waals surface area contributed by atoms with Crippen molar-refractivity contribution in [3.63, 3.8) is 0 Å². The molecule has 0 bridgehead atoms. The highest BCUT2D eigenvalue weighted by Gasteiger charge is 2.12. The molecular weight excluding hydrogens is 330 g/mol. The van der Waals surface area contributed by atoms with Gasteiger partial charge in [0.15, 0.2) is 6.61 Å². The van der Waals surface area contributed by atoms with E-state index in [-0.39, 0.29) is 12.5 Å². The van der Waals surface area contributed by atoms with E-state index in [1.807, 2.05) is 32.0 Å². The minimum absolute atomic E-state index is 0.341. The summed E-state index contributed by atoms with van der Waals surface area (Å²) in [6.45, 7) is 3.51. The molecule has 2 N–H and O–H groups in total. The third kappa shape index (κ3) is 4.16. The van der Waals surface area contributed by atoms with Gasteiger partial charge in [-0.05, 0) is 43.2 Å². The maximum atomic E-state index is 12.1. The molecule has 2 aromatic carbocycles. The summed E-state index contributed by atoms with van der Waals surface area (Å²) in [5, 5.41) is 2.76. The number of ether oxygens (including phenoxy) is 1. The zero-order valence-electron chi connectivity index (χ0n) is 14.6. The first kappa shape index (κ1) is 17.4. The van der Waals surface area contributed by atoms with Gasteiger partial charge in [-0.3, -0.25) is 4.79 Å². The molecular formula is C20H19N3O3. The van der Waals surface area contributed by atoms with Gasteiger partial charge >= 0.3 is 5.97 Å². The molecule has 1 amide bonds. The van der Waals surface area contributed by atoms with Crippen molar-refractivity contribution in [2.75, 3.05) is 11.9 Å². The summed E-state index contributed by atoms with van der Waals surface area (Å²) in [7, 11) is 0. The predicted octanol–water partition coefficient (Wildman–Crippen LogP) is 3.49. The van der Waals surface area contributed by atoms with Crippen LogP contribution in [0.3, 0.4) is 0 Å². The fourth-order valence-corrected chi connectivity index (χ4v) is 2.46. The first-order valence-corrected chi connectivity index (χ1v) is 8.17. The minimum Gasteiger partial charge on any atom is -0.452 e. The lowest BCUT2D eigenvalue weighted by molar-refractivity contribution is -0.119. The van der Waals surface area contributed by atoms with Crippen LogP contribution in [0.15, 0.2) is 54.9 Å². The lowest BCUT2D eigenvalue weighted by Gasteiger charge is -2.10. The molecule has 3 rings (SSSR count). The van der Waals surface area contributed by atoms with E-state index in [0.29, 0.717) is 11.3 Å². The number of hydrogen-bond donors (Lipinski definition) is 2. The number of hydrogen-bond acceptors (Lipinski definition) is 4. The Morgan fingerprint density at radius 3 is 2.58 bits per heavy atom. The van der Waals surface area contributed by atoms with Gasteiger partial charge in [-0.2, -0.15) is 0 Å². The van der Waals surface area contributed by atoms with Crippen LogP contribution in [0.2, 0.25) is 0 Å². The van der Waals surface area contributed by atoms with Gasteiger partial charge in [-0.1, -0.05) is 24.3 Å². The Hall–Kier alpha value is -3.41. The summed E-state index contributed by atoms with van der Waals surface area (Å²) in [6, 6.07) is 12.6. The number of H-pyrrole nitrogens is 1. The largest absolute Gasteiger partial charge is 0.452 e. The van der Waals surface area contributed by atoms with E-state index in [4.69, 9.17) is 4.74 Å². The summed E-state index contributed by atoms with van der Waals surface area (Å²) in [4.78, 5) is 31.3. The molecule has 1 heterocycles. The molecule has 6 nitrogen and oxygen atoms in total. The lowest BCUT2D eigenvalue weighted by atomic mass is 10.1. The number of carbonyl (C=O) groups is 2. The van der Waals surface area contributed by atoms with Gasteiger partial charge in [-0.25, -0.2) is 9.78 Å². The fraction of sp³-hybridized carbons (Fsp3) is 0.150. The SMILES string of the molecule is Cc1ccc(C)c(NC(=O)COC(=O)c2ccc(-c3ncc[nH]3)cc2)c1. The summed E-state index contributed by atoms with van der Waals surface area (Å²) >= 11 is 0. The molecule has 0 saturated heterocycles. The Labute approximate surface area is 151 Å². The van der Waals surface area contributed by atoms with Crippen LogP contribution in [0.4, 0.5) is 5.69 Å². The zero-order chi connectivity index (χ0) is 18.5. The Kier molecular flexibility index (Phi) is 5.12. The zero-order valence-corrected chi connectivity index (χ0v) is 14.6. The number of benzene rings is 2. The number of rotatable bonds is 5. The van der Waals surface area contributed by atoms with E-state index in [2.05, 4.69) is 15.3 Å². The van der Waals surface area contributed by atoms with Gasteiger partial charge in [0, 0.05) is 23.6 Å². The van der Waals surface area contributed by atoms with E-state index in [1.54, 1.807) is 36.7 Å². The molecule has 6 heteroatoms. The van der Waals surface area contributed by atoms with Crippen LogP contribution < -0.4 is 5.32 Å². The Bertz CT molecular complexity index is 916. The maximum absolute atomic E-state index is 12.1. The molecule has 3 aromatic rings. The highest BCUT2D eigenvalue weighted by atomic mass is 16.5. The van der Waals surface area contributed by atoms with Crippen LogP contribution in [-0.4, -0.2) is 28.5 Å². The monoisotopic (exact) mass is 349 g/mol. The average Bonchev–Trinajstić information content (AvgIpc) is 3.17. The van der Waals surface area contributed by atoms with E-state index in [9.17, 15) is 9.59 Å². The first-order chi connectivity index (χ1) is 12.5. The van der Waals surface area contributed by atoms with Crippen LogP contribution in [0.25, 0.3) is 11.4 Å². The van der Waals surface area contributed by atoms with Crippen molar-refractivity contribution in [2.45, 2.75) is 13.8 Å². The number of aryl methyl sites for hydroxylation is 2. The number of imidazole rings is 1. The van der Waals surface area contributed by atoms with Crippen molar-refractivity contribution in [3.8, 4) is 11.4 Å². The lowest BCUT2D eigenvalue weighted by Crippen LogP contribution is -2.21. The molecule has 26 heavy (non-hydrogen) atoms. The van der Waals surface area contributed by atoms with E-state index in [1.165, 1.54) is 0 Å². The number of esters is 1. The number of aromatic nitrogens is 2. The number of aromatic amines is 1. The van der Waals surface area contributed by atoms with E-state index >= 15 is 0 Å². The molecule has 132 valence electrons. The molecule has 0 aliphatic heterocycles. The molecule has 0 spiro atoms. The Balaban J connectivity index is 1.56. The van der Waals surface area contributed by atoms with Crippen molar-refractivity contribution < 1.29 is 14.3 Å². The summed E-state index contributed by atoms with van der Waals surface area (Å²) in [5.41, 5.74) is 3.94. The summed E-state index contributed by atoms with van der Waals surface area (Å²) in [5.74, 6) is -0.204. The number of nitrogens with one attached hydrogen (secondary N) is 2. The second kappa shape index (κ2) is 7.65. The normalized spacial score (nSPS) is 10.4. The smallest absolute Gasteiger partial charge is 0.338 e. The minimum atomic E-state index is -0.549. The third-order valence-electron chi connectivity index (χ3n) is 3.89. The number of amides is 1. The number of nitrogens with zero attached hydrogens (tertiary/aromatic N) is 1. The van der Waals surface area contributed by atoms with Crippen LogP contribution in [0, 0.1) is 13.8 Å². The molecule has 0 aliphatic rings. The summed E-state index contributed by atoms with van der Waals surface area (Å²) < 4.78 is 5.09. The standard InChI is InChI=1S/C20H19N3O3/c1-13-3-4-14(2)17(11-13)23-18(24)12-26-20(25)16-7-5-15(6-8-16)19-21-9-10-22-19/h3-11H,12H2,1-2H3,(H,21,22)(H,23,24). The van der Waals surface area contributed by atoms with Gasteiger partial charge in [0.25, 0.3) is 5.91 Å². The van der Waals surface area contributed by atoms with Crippen molar-refractivity contribution >= 4 is 17.6 Å². The van der Waals surface area contributed by atoms with Crippen LogP contribution in [-0.2, 0) is 9.53 Å².